The van der Waals surface area contributed by atoms with Crippen molar-refractivity contribution in [2.75, 3.05) is 20.2 Å². The Balaban J connectivity index is 1.58. The molecule has 164 valence electrons. The van der Waals surface area contributed by atoms with Crippen LogP contribution < -0.4 is 10.1 Å². The van der Waals surface area contributed by atoms with Crippen LogP contribution in [0.5, 0.6) is 5.75 Å². The molecule has 0 aliphatic carbocycles. The van der Waals surface area contributed by atoms with E-state index >= 15 is 0 Å². The third-order valence-corrected chi connectivity index (χ3v) is 6.01. The zero-order valence-electron chi connectivity index (χ0n) is 18.3. The molecule has 1 fully saturated rings. The van der Waals surface area contributed by atoms with E-state index in [0.29, 0.717) is 25.2 Å². The molecule has 2 aromatic carbocycles. The van der Waals surface area contributed by atoms with E-state index in [1.165, 1.54) is 0 Å². The number of nitrogens with one attached hydrogen (secondary N) is 1. The number of rotatable bonds is 6. The van der Waals surface area contributed by atoms with Gasteiger partial charge in [-0.1, -0.05) is 36.4 Å². The van der Waals surface area contributed by atoms with Crippen molar-refractivity contribution < 1.29 is 14.3 Å². The minimum Gasteiger partial charge on any atom is -0.497 e. The summed E-state index contributed by atoms with van der Waals surface area (Å²) in [5, 5.41) is 3.01. The molecule has 1 aromatic heterocycles. The molecule has 2 heterocycles. The van der Waals surface area contributed by atoms with Crippen LogP contribution in [0.15, 0.2) is 72.9 Å². The molecule has 6 heteroatoms. The predicted molar refractivity (Wildman–Crippen MR) is 122 cm³/mol. The van der Waals surface area contributed by atoms with Gasteiger partial charge in [0.05, 0.1) is 25.3 Å². The second-order valence-electron chi connectivity index (χ2n) is 8.05. The summed E-state index contributed by atoms with van der Waals surface area (Å²) in [6.45, 7) is 3.12. The Hall–Kier alpha value is -3.67. The number of pyridine rings is 1. The predicted octanol–water partition coefficient (Wildman–Crippen LogP) is 3.57. The molecule has 0 radical (unpaired) electrons. The van der Waals surface area contributed by atoms with Crippen molar-refractivity contribution in [1.29, 1.82) is 0 Å². The van der Waals surface area contributed by atoms with Crippen LogP contribution in [0.4, 0.5) is 0 Å². The first kappa shape index (κ1) is 21.6. The second-order valence-corrected chi connectivity index (χ2v) is 8.05. The number of hydrogen-bond donors (Lipinski definition) is 1. The molecule has 1 aliphatic rings. The van der Waals surface area contributed by atoms with E-state index in [1.807, 2.05) is 73.7 Å². The number of aryl methyl sites for hydroxylation is 1. The fraction of sp³-hybridized carbons (Fsp3) is 0.269. The van der Waals surface area contributed by atoms with Gasteiger partial charge in [-0.05, 0) is 48.4 Å². The average molecular weight is 430 g/mol. The molecule has 3 aromatic rings. The Bertz CT molecular complexity index is 1100. The van der Waals surface area contributed by atoms with Crippen molar-refractivity contribution in [2.45, 2.75) is 19.4 Å². The van der Waals surface area contributed by atoms with E-state index in [2.05, 4.69) is 10.3 Å². The lowest BCUT2D eigenvalue weighted by atomic mass is 9.88. The number of amides is 2. The summed E-state index contributed by atoms with van der Waals surface area (Å²) in [6, 6.07) is 20.9. The highest BCUT2D eigenvalue weighted by molar-refractivity contribution is 5.96. The molecular weight excluding hydrogens is 402 g/mol. The maximum Gasteiger partial charge on any atom is 0.254 e. The number of carbonyl (C=O) groups excluding carboxylic acids is 2. The first-order chi connectivity index (χ1) is 15.6. The molecule has 1 aliphatic heterocycles. The van der Waals surface area contributed by atoms with Gasteiger partial charge in [0.1, 0.15) is 5.75 Å². The molecule has 0 saturated carbocycles. The molecule has 6 nitrogen and oxygen atoms in total. The van der Waals surface area contributed by atoms with E-state index in [-0.39, 0.29) is 23.7 Å². The summed E-state index contributed by atoms with van der Waals surface area (Å²) in [5.74, 6) is 0.124. The highest BCUT2D eigenvalue weighted by Crippen LogP contribution is 2.35. The summed E-state index contributed by atoms with van der Waals surface area (Å²) < 4.78 is 5.39. The monoisotopic (exact) mass is 429 g/mol. The molecule has 32 heavy (non-hydrogen) atoms. The maximum absolute atomic E-state index is 13.3. The van der Waals surface area contributed by atoms with E-state index < -0.39 is 0 Å². The van der Waals surface area contributed by atoms with E-state index in [0.717, 1.165) is 22.6 Å². The van der Waals surface area contributed by atoms with E-state index in [4.69, 9.17) is 4.74 Å². The van der Waals surface area contributed by atoms with Crippen LogP contribution >= 0.6 is 0 Å². The standard InChI is InChI=1S/C26H27N3O3/c1-18-8-3-4-12-22(18)26(31)29-16-23(19-9-7-11-21(14-19)32-2)24(17-29)25(30)28-15-20-10-5-6-13-27-20/h3-14,23-24H,15-17H2,1-2H3,(H,28,30). The van der Waals surface area contributed by atoms with Crippen LogP contribution in [0.25, 0.3) is 0 Å². The van der Waals surface area contributed by atoms with Crippen LogP contribution in [-0.4, -0.2) is 41.9 Å². The van der Waals surface area contributed by atoms with Gasteiger partial charge in [0.15, 0.2) is 0 Å². The molecule has 2 amide bonds. The number of likely N-dealkylation sites (tertiary alicyclic amines) is 1. The van der Waals surface area contributed by atoms with Gasteiger partial charge >= 0.3 is 0 Å². The number of methoxy groups -OCH3 is 1. The van der Waals surface area contributed by atoms with Gasteiger partial charge in [0.2, 0.25) is 5.91 Å². The molecule has 4 rings (SSSR count). The fourth-order valence-electron chi connectivity index (χ4n) is 4.24. The SMILES string of the molecule is COc1cccc(C2CN(C(=O)c3ccccc3C)CC2C(=O)NCc2ccccn2)c1. The molecule has 0 bridgehead atoms. The van der Waals surface area contributed by atoms with Crippen molar-refractivity contribution >= 4 is 11.8 Å². The van der Waals surface area contributed by atoms with Gasteiger partial charge in [-0.2, -0.15) is 0 Å². The number of ether oxygens (including phenoxy) is 1. The Labute approximate surface area is 188 Å². The van der Waals surface area contributed by atoms with Gasteiger partial charge in [-0.3, -0.25) is 14.6 Å². The van der Waals surface area contributed by atoms with Crippen molar-refractivity contribution in [3.63, 3.8) is 0 Å². The zero-order valence-corrected chi connectivity index (χ0v) is 18.3. The zero-order chi connectivity index (χ0) is 22.5. The smallest absolute Gasteiger partial charge is 0.254 e. The first-order valence-electron chi connectivity index (χ1n) is 10.7. The fourth-order valence-corrected chi connectivity index (χ4v) is 4.24. The maximum atomic E-state index is 13.3. The number of nitrogens with zero attached hydrogens (tertiary/aromatic N) is 2. The number of aromatic nitrogens is 1. The molecule has 2 unspecified atom stereocenters. The van der Waals surface area contributed by atoms with Crippen LogP contribution in [-0.2, 0) is 11.3 Å². The second kappa shape index (κ2) is 9.64. The normalized spacial score (nSPS) is 17.8. The first-order valence-corrected chi connectivity index (χ1v) is 10.7. The van der Waals surface area contributed by atoms with Gasteiger partial charge < -0.3 is 15.0 Å². The third kappa shape index (κ3) is 4.64. The number of hydrogen-bond acceptors (Lipinski definition) is 4. The van der Waals surface area contributed by atoms with Gasteiger partial charge in [-0.15, -0.1) is 0 Å². The number of carbonyl (C=O) groups is 2. The van der Waals surface area contributed by atoms with Crippen LogP contribution in [0.3, 0.4) is 0 Å². The molecule has 2 atom stereocenters. The highest BCUT2D eigenvalue weighted by Gasteiger charge is 2.40. The summed E-state index contributed by atoms with van der Waals surface area (Å²) in [7, 11) is 1.62. The Morgan fingerprint density at radius 3 is 2.62 bits per heavy atom. The largest absolute Gasteiger partial charge is 0.497 e. The Morgan fingerprint density at radius 2 is 1.88 bits per heavy atom. The van der Waals surface area contributed by atoms with Gasteiger partial charge in [-0.25, -0.2) is 0 Å². The minimum absolute atomic E-state index is 0.0453. The summed E-state index contributed by atoms with van der Waals surface area (Å²) in [4.78, 5) is 32.6. The van der Waals surface area contributed by atoms with Crippen molar-refractivity contribution in [3.8, 4) is 5.75 Å². The quantitative estimate of drug-likeness (QED) is 0.650. The highest BCUT2D eigenvalue weighted by atomic mass is 16.5. The summed E-state index contributed by atoms with van der Waals surface area (Å²) in [6.07, 6.45) is 1.71. The van der Waals surface area contributed by atoms with E-state index in [9.17, 15) is 9.59 Å². The Kier molecular flexibility index (Phi) is 6.50. The van der Waals surface area contributed by atoms with E-state index in [1.54, 1.807) is 18.2 Å². The van der Waals surface area contributed by atoms with Crippen LogP contribution in [0, 0.1) is 12.8 Å². The lowest BCUT2D eigenvalue weighted by molar-refractivity contribution is -0.125. The topological polar surface area (TPSA) is 71.5 Å². The average Bonchev–Trinajstić information content (AvgIpc) is 3.29. The van der Waals surface area contributed by atoms with Crippen molar-refractivity contribution in [1.82, 2.24) is 15.2 Å². The third-order valence-electron chi connectivity index (χ3n) is 6.01. The number of benzene rings is 2. The van der Waals surface area contributed by atoms with Crippen LogP contribution in [0.2, 0.25) is 0 Å². The summed E-state index contributed by atoms with van der Waals surface area (Å²) in [5.41, 5.74) is 3.39. The molecule has 1 saturated heterocycles. The lowest BCUT2D eigenvalue weighted by Crippen LogP contribution is -2.35. The van der Waals surface area contributed by atoms with Gasteiger partial charge in [0.25, 0.3) is 5.91 Å². The molecule has 0 spiro atoms. The molecule has 1 N–H and O–H groups in total. The van der Waals surface area contributed by atoms with Crippen molar-refractivity contribution in [2.24, 2.45) is 5.92 Å². The van der Waals surface area contributed by atoms with Gasteiger partial charge in [0, 0.05) is 30.8 Å². The van der Waals surface area contributed by atoms with Crippen LogP contribution in [0.1, 0.15) is 33.1 Å². The molecular formula is C26H27N3O3. The summed E-state index contributed by atoms with van der Waals surface area (Å²) >= 11 is 0. The van der Waals surface area contributed by atoms with Crippen molar-refractivity contribution in [3.05, 3.63) is 95.3 Å². The Morgan fingerprint density at radius 1 is 1.06 bits per heavy atom. The minimum atomic E-state index is -0.362. The lowest BCUT2D eigenvalue weighted by Gasteiger charge is -2.18.